The Morgan fingerprint density at radius 3 is 2.95 bits per heavy atom. The lowest BCUT2D eigenvalue weighted by molar-refractivity contribution is 0.266. The van der Waals surface area contributed by atoms with Crippen LogP contribution in [0.4, 0.5) is 5.69 Å². The Labute approximate surface area is 114 Å². The molecule has 0 aliphatic carbocycles. The highest BCUT2D eigenvalue weighted by atomic mass is 35.5. The van der Waals surface area contributed by atoms with Gasteiger partial charge >= 0.3 is 0 Å². The highest BCUT2D eigenvalue weighted by Gasteiger charge is 2.09. The smallest absolute Gasteiger partial charge is 0.287 e. The fourth-order valence-corrected chi connectivity index (χ4v) is 1.80. The summed E-state index contributed by atoms with van der Waals surface area (Å²) in [6.07, 6.45) is 3.17. The average molecular weight is 284 g/mol. The molecule has 8 heteroatoms. The van der Waals surface area contributed by atoms with E-state index in [0.717, 1.165) is 15.9 Å². The zero-order valence-corrected chi connectivity index (χ0v) is 11.1. The van der Waals surface area contributed by atoms with Crippen LogP contribution in [0.3, 0.4) is 0 Å². The summed E-state index contributed by atoms with van der Waals surface area (Å²) in [5, 5.41) is 22.5. The third-order valence-corrected chi connectivity index (χ3v) is 3.07. The van der Waals surface area contributed by atoms with Crippen molar-refractivity contribution in [3.05, 3.63) is 39.0 Å². The standard InChI is InChI=1S/C11H14ClN5O2/c1-7-8(5-14-16-7)4-13-9-6-15-17(2-3-18)11(19)10(9)12/h5-6,13,18H,2-4H2,1H3,(H,14,16). The summed E-state index contributed by atoms with van der Waals surface area (Å²) in [5.41, 5.74) is 1.96. The second-order valence-electron chi connectivity index (χ2n) is 4.00. The number of aromatic amines is 1. The van der Waals surface area contributed by atoms with Crippen molar-refractivity contribution in [3.63, 3.8) is 0 Å². The van der Waals surface area contributed by atoms with E-state index in [0.29, 0.717) is 12.2 Å². The van der Waals surface area contributed by atoms with Crippen molar-refractivity contribution in [3.8, 4) is 0 Å². The number of hydrogen-bond acceptors (Lipinski definition) is 5. The molecule has 102 valence electrons. The third kappa shape index (κ3) is 2.94. The molecule has 0 aliphatic heterocycles. The highest BCUT2D eigenvalue weighted by molar-refractivity contribution is 6.32. The molecular weight excluding hydrogens is 270 g/mol. The van der Waals surface area contributed by atoms with Crippen molar-refractivity contribution in [1.29, 1.82) is 0 Å². The van der Waals surface area contributed by atoms with Gasteiger partial charge in [-0.15, -0.1) is 0 Å². The number of halogens is 1. The number of hydrogen-bond donors (Lipinski definition) is 3. The number of aryl methyl sites for hydroxylation is 1. The highest BCUT2D eigenvalue weighted by Crippen LogP contribution is 2.16. The number of aromatic nitrogens is 4. The Bertz CT molecular complexity index is 622. The summed E-state index contributed by atoms with van der Waals surface area (Å²) in [4.78, 5) is 11.8. The SMILES string of the molecule is Cc1[nH]ncc1CNc1cnn(CCO)c(=O)c1Cl. The minimum atomic E-state index is -0.426. The minimum Gasteiger partial charge on any atom is -0.394 e. The van der Waals surface area contributed by atoms with Crippen LogP contribution in [0.25, 0.3) is 0 Å². The van der Waals surface area contributed by atoms with Gasteiger partial charge in [-0.1, -0.05) is 11.6 Å². The fraction of sp³-hybridized carbons (Fsp3) is 0.364. The largest absolute Gasteiger partial charge is 0.394 e. The molecule has 7 nitrogen and oxygen atoms in total. The maximum atomic E-state index is 11.8. The summed E-state index contributed by atoms with van der Waals surface area (Å²) < 4.78 is 1.12. The zero-order chi connectivity index (χ0) is 13.8. The Morgan fingerprint density at radius 2 is 2.32 bits per heavy atom. The van der Waals surface area contributed by atoms with Gasteiger partial charge in [-0.2, -0.15) is 10.2 Å². The van der Waals surface area contributed by atoms with Gasteiger partial charge in [-0.05, 0) is 6.92 Å². The van der Waals surface area contributed by atoms with E-state index in [-0.39, 0.29) is 18.2 Å². The van der Waals surface area contributed by atoms with Crippen LogP contribution in [0, 0.1) is 6.92 Å². The summed E-state index contributed by atoms with van der Waals surface area (Å²) >= 11 is 5.97. The predicted molar refractivity (Wildman–Crippen MR) is 71.2 cm³/mol. The first kappa shape index (κ1) is 13.6. The average Bonchev–Trinajstić information content (AvgIpc) is 2.80. The Kier molecular flexibility index (Phi) is 4.18. The van der Waals surface area contributed by atoms with Gasteiger partial charge < -0.3 is 10.4 Å². The molecule has 3 N–H and O–H groups in total. The molecule has 0 saturated heterocycles. The van der Waals surface area contributed by atoms with Crippen molar-refractivity contribution in [2.24, 2.45) is 0 Å². The van der Waals surface area contributed by atoms with E-state index in [1.165, 1.54) is 6.20 Å². The Morgan fingerprint density at radius 1 is 1.53 bits per heavy atom. The number of H-pyrrole nitrogens is 1. The van der Waals surface area contributed by atoms with Gasteiger partial charge in [0.1, 0.15) is 5.02 Å². The van der Waals surface area contributed by atoms with Crippen LogP contribution in [-0.2, 0) is 13.1 Å². The van der Waals surface area contributed by atoms with E-state index in [2.05, 4.69) is 20.6 Å². The number of aliphatic hydroxyl groups excluding tert-OH is 1. The number of rotatable bonds is 5. The second-order valence-corrected chi connectivity index (χ2v) is 4.38. The van der Waals surface area contributed by atoms with Crippen LogP contribution in [-0.4, -0.2) is 31.7 Å². The first-order valence-electron chi connectivity index (χ1n) is 5.72. The minimum absolute atomic E-state index is 0.0598. The second kappa shape index (κ2) is 5.85. The van der Waals surface area contributed by atoms with Gasteiger partial charge in [0.2, 0.25) is 0 Å². The quantitative estimate of drug-likeness (QED) is 0.744. The fourth-order valence-electron chi connectivity index (χ4n) is 1.59. The maximum Gasteiger partial charge on any atom is 0.287 e. The van der Waals surface area contributed by atoms with Gasteiger partial charge in [-0.25, -0.2) is 4.68 Å². The van der Waals surface area contributed by atoms with Crippen molar-refractivity contribution in [1.82, 2.24) is 20.0 Å². The van der Waals surface area contributed by atoms with Crippen molar-refractivity contribution < 1.29 is 5.11 Å². The lowest BCUT2D eigenvalue weighted by Gasteiger charge is -2.09. The summed E-state index contributed by atoms with van der Waals surface area (Å²) in [6.45, 7) is 2.36. The molecule has 2 aromatic rings. The lowest BCUT2D eigenvalue weighted by Crippen LogP contribution is -2.25. The topological polar surface area (TPSA) is 95.8 Å². The lowest BCUT2D eigenvalue weighted by atomic mass is 10.2. The first-order valence-corrected chi connectivity index (χ1v) is 6.10. The van der Waals surface area contributed by atoms with Gasteiger partial charge in [0.05, 0.1) is 31.2 Å². The first-order chi connectivity index (χ1) is 9.13. The molecule has 2 heterocycles. The van der Waals surface area contributed by atoms with Gasteiger partial charge in [0.25, 0.3) is 5.56 Å². The predicted octanol–water partition coefficient (Wildman–Crippen LogP) is 0.533. The molecule has 19 heavy (non-hydrogen) atoms. The van der Waals surface area contributed by atoms with E-state index in [9.17, 15) is 4.79 Å². The molecule has 0 atom stereocenters. The molecule has 0 unspecified atom stereocenters. The summed E-state index contributed by atoms with van der Waals surface area (Å²) in [6, 6.07) is 0. The number of nitrogens with one attached hydrogen (secondary N) is 2. The molecule has 0 saturated carbocycles. The number of aliphatic hydroxyl groups is 1. The molecule has 0 radical (unpaired) electrons. The number of nitrogens with zero attached hydrogens (tertiary/aromatic N) is 3. The molecular formula is C11H14ClN5O2. The van der Waals surface area contributed by atoms with Crippen LogP contribution in [0.1, 0.15) is 11.3 Å². The third-order valence-electron chi connectivity index (χ3n) is 2.70. The molecule has 0 spiro atoms. The van der Waals surface area contributed by atoms with Gasteiger partial charge in [-0.3, -0.25) is 9.89 Å². The molecule has 2 rings (SSSR count). The van der Waals surface area contributed by atoms with E-state index in [4.69, 9.17) is 16.7 Å². The van der Waals surface area contributed by atoms with E-state index in [1.54, 1.807) is 6.20 Å². The van der Waals surface area contributed by atoms with Crippen LogP contribution in [0.5, 0.6) is 0 Å². The molecule has 0 fully saturated rings. The van der Waals surface area contributed by atoms with Crippen molar-refractivity contribution in [2.75, 3.05) is 11.9 Å². The van der Waals surface area contributed by atoms with E-state index in [1.807, 2.05) is 6.92 Å². The maximum absolute atomic E-state index is 11.8. The van der Waals surface area contributed by atoms with Crippen molar-refractivity contribution in [2.45, 2.75) is 20.0 Å². The summed E-state index contributed by atoms with van der Waals surface area (Å²) in [7, 11) is 0. The Hall–Kier alpha value is -1.86. The monoisotopic (exact) mass is 283 g/mol. The van der Waals surface area contributed by atoms with Crippen LogP contribution < -0.4 is 10.9 Å². The Balaban J connectivity index is 2.16. The molecule has 2 aromatic heterocycles. The molecule has 0 bridgehead atoms. The van der Waals surface area contributed by atoms with Crippen LogP contribution in [0.15, 0.2) is 17.2 Å². The molecule has 0 amide bonds. The molecule has 0 aromatic carbocycles. The van der Waals surface area contributed by atoms with Gasteiger partial charge in [0, 0.05) is 17.8 Å². The zero-order valence-electron chi connectivity index (χ0n) is 10.4. The molecule has 0 aliphatic rings. The normalized spacial score (nSPS) is 10.7. The van der Waals surface area contributed by atoms with E-state index < -0.39 is 5.56 Å². The van der Waals surface area contributed by atoms with Crippen molar-refractivity contribution >= 4 is 17.3 Å². The van der Waals surface area contributed by atoms with Gasteiger partial charge in [0.15, 0.2) is 0 Å². The number of anilines is 1. The van der Waals surface area contributed by atoms with E-state index >= 15 is 0 Å². The van der Waals surface area contributed by atoms with Crippen LogP contribution in [0.2, 0.25) is 5.02 Å². The van der Waals surface area contributed by atoms with Crippen LogP contribution >= 0.6 is 11.6 Å². The summed E-state index contributed by atoms with van der Waals surface area (Å²) in [5.74, 6) is 0.